The highest BCUT2D eigenvalue weighted by molar-refractivity contribution is 7.97. The van der Waals surface area contributed by atoms with Crippen LogP contribution in [0.1, 0.15) is 40.0 Å². The molecule has 0 spiro atoms. The van der Waals surface area contributed by atoms with Crippen molar-refractivity contribution in [1.29, 1.82) is 0 Å². The van der Waals surface area contributed by atoms with Crippen LogP contribution in [0.2, 0.25) is 0 Å². The van der Waals surface area contributed by atoms with Crippen LogP contribution in [0.3, 0.4) is 0 Å². The van der Waals surface area contributed by atoms with E-state index in [1.54, 1.807) is 0 Å². The molecule has 2 aromatic rings. The van der Waals surface area contributed by atoms with E-state index in [-0.39, 0.29) is 0 Å². The molecule has 1 unspecified atom stereocenters. The first-order valence-electron chi connectivity index (χ1n) is 8.13. The zero-order valence-electron chi connectivity index (χ0n) is 13.5. The quantitative estimate of drug-likeness (QED) is 0.467. The fourth-order valence-corrected chi connectivity index (χ4v) is 4.67. The zero-order chi connectivity index (χ0) is 15.1. The van der Waals surface area contributed by atoms with Gasteiger partial charge in [-0.2, -0.15) is 0 Å². The maximum atomic E-state index is 5.99. The minimum Gasteiger partial charge on any atom is -0.493 e. The first-order chi connectivity index (χ1) is 10.3. The van der Waals surface area contributed by atoms with Crippen LogP contribution in [-0.4, -0.2) is 18.1 Å². The van der Waals surface area contributed by atoms with Crippen LogP contribution in [-0.2, 0) is 10.9 Å². The van der Waals surface area contributed by atoms with Gasteiger partial charge in [0.2, 0.25) is 0 Å². The van der Waals surface area contributed by atoms with Crippen molar-refractivity contribution in [3.05, 3.63) is 36.4 Å². The fourth-order valence-electron chi connectivity index (χ4n) is 2.60. The molecule has 0 aliphatic heterocycles. The van der Waals surface area contributed by atoms with Crippen LogP contribution in [0.5, 0.6) is 5.75 Å². The van der Waals surface area contributed by atoms with Crippen LogP contribution in [0.15, 0.2) is 41.3 Å². The monoisotopic (exact) mass is 303 g/mol. The van der Waals surface area contributed by atoms with Gasteiger partial charge >= 0.3 is 0 Å². The van der Waals surface area contributed by atoms with Crippen LogP contribution in [0.25, 0.3) is 10.8 Å². The van der Waals surface area contributed by atoms with Gasteiger partial charge < -0.3 is 4.74 Å². The van der Waals surface area contributed by atoms with Crippen molar-refractivity contribution in [2.45, 2.75) is 44.9 Å². The van der Waals surface area contributed by atoms with Crippen LogP contribution >= 0.6 is 0 Å². The Balaban J connectivity index is 2.39. The molecule has 0 N–H and O–H groups in total. The lowest BCUT2D eigenvalue weighted by molar-refractivity contribution is 0.313. The summed E-state index contributed by atoms with van der Waals surface area (Å²) < 4.78 is 5.99. The molecule has 0 aliphatic rings. The van der Waals surface area contributed by atoms with Crippen molar-refractivity contribution in [3.63, 3.8) is 0 Å². The molecule has 0 amide bonds. The molecule has 114 valence electrons. The van der Waals surface area contributed by atoms with Gasteiger partial charge in [0.05, 0.1) is 6.61 Å². The number of ether oxygens (including phenoxy) is 1. The molecule has 21 heavy (non-hydrogen) atoms. The Morgan fingerprint density at radius 2 is 1.67 bits per heavy atom. The van der Waals surface area contributed by atoms with Gasteiger partial charge in [-0.15, -0.1) is 0 Å². The van der Waals surface area contributed by atoms with E-state index in [2.05, 4.69) is 57.2 Å². The number of unbranched alkanes of at least 4 members (excludes halogenated alkanes) is 1. The molecular formula is C19H27OS+. The summed E-state index contributed by atoms with van der Waals surface area (Å²) in [5, 5.41) is 2.65. The molecule has 0 bridgehead atoms. The Hall–Kier alpha value is -1.15. The molecule has 2 rings (SSSR count). The highest BCUT2D eigenvalue weighted by Gasteiger charge is 2.22. The van der Waals surface area contributed by atoms with Crippen molar-refractivity contribution in [3.8, 4) is 5.75 Å². The van der Waals surface area contributed by atoms with Crippen molar-refractivity contribution < 1.29 is 4.74 Å². The van der Waals surface area contributed by atoms with E-state index in [9.17, 15) is 0 Å². The lowest BCUT2D eigenvalue weighted by Crippen LogP contribution is -2.11. The van der Waals surface area contributed by atoms with E-state index in [1.165, 1.54) is 40.0 Å². The first-order valence-corrected chi connectivity index (χ1v) is 9.70. The Bertz CT molecular complexity index is 564. The summed E-state index contributed by atoms with van der Waals surface area (Å²) in [6.07, 6.45) is 3.54. The minimum atomic E-state index is 0.359. The normalized spacial score (nSPS) is 12.5. The maximum absolute atomic E-state index is 5.99. The van der Waals surface area contributed by atoms with E-state index in [0.29, 0.717) is 10.9 Å². The van der Waals surface area contributed by atoms with Crippen molar-refractivity contribution in [2.24, 2.45) is 0 Å². The van der Waals surface area contributed by atoms with Gasteiger partial charge in [-0.3, -0.25) is 0 Å². The van der Waals surface area contributed by atoms with Gasteiger partial charge in [0.15, 0.2) is 4.90 Å². The van der Waals surface area contributed by atoms with Crippen molar-refractivity contribution in [2.75, 3.05) is 18.1 Å². The minimum absolute atomic E-state index is 0.359. The second kappa shape index (κ2) is 8.33. The molecule has 1 atom stereocenters. The Morgan fingerprint density at radius 3 is 2.33 bits per heavy atom. The molecule has 0 fully saturated rings. The van der Waals surface area contributed by atoms with Gasteiger partial charge in [0, 0.05) is 21.7 Å². The third-order valence-electron chi connectivity index (χ3n) is 3.71. The predicted molar refractivity (Wildman–Crippen MR) is 95.7 cm³/mol. The van der Waals surface area contributed by atoms with E-state index >= 15 is 0 Å². The summed E-state index contributed by atoms with van der Waals surface area (Å²) in [6, 6.07) is 13.2. The molecule has 1 nitrogen and oxygen atoms in total. The Labute approximate surface area is 132 Å². The molecule has 0 saturated heterocycles. The highest BCUT2D eigenvalue weighted by Crippen LogP contribution is 2.32. The summed E-state index contributed by atoms with van der Waals surface area (Å²) in [4.78, 5) is 1.51. The van der Waals surface area contributed by atoms with Crippen molar-refractivity contribution in [1.82, 2.24) is 0 Å². The smallest absolute Gasteiger partial charge is 0.162 e. The van der Waals surface area contributed by atoms with E-state index < -0.39 is 0 Å². The Morgan fingerprint density at radius 1 is 0.905 bits per heavy atom. The molecule has 2 heteroatoms. The van der Waals surface area contributed by atoms with Crippen LogP contribution in [0, 0.1) is 0 Å². The summed E-state index contributed by atoms with van der Waals surface area (Å²) in [5.41, 5.74) is 0. The number of hydrogen-bond acceptors (Lipinski definition) is 1. The van der Waals surface area contributed by atoms with E-state index in [0.717, 1.165) is 18.8 Å². The Kier molecular flexibility index (Phi) is 6.44. The van der Waals surface area contributed by atoms with Gasteiger partial charge in [-0.1, -0.05) is 38.5 Å². The van der Waals surface area contributed by atoms with E-state index in [1.807, 2.05) is 0 Å². The van der Waals surface area contributed by atoms with E-state index in [4.69, 9.17) is 4.74 Å². The lowest BCUT2D eigenvalue weighted by atomic mass is 10.1. The van der Waals surface area contributed by atoms with Gasteiger partial charge in [0.1, 0.15) is 17.3 Å². The molecule has 0 saturated carbocycles. The average molecular weight is 303 g/mol. The first kappa shape index (κ1) is 16.2. The number of benzene rings is 2. The third-order valence-corrected chi connectivity index (χ3v) is 6.29. The van der Waals surface area contributed by atoms with Gasteiger partial charge in [-0.05, 0) is 38.0 Å². The average Bonchev–Trinajstić information content (AvgIpc) is 2.53. The van der Waals surface area contributed by atoms with Crippen molar-refractivity contribution >= 4 is 21.7 Å². The zero-order valence-corrected chi connectivity index (χ0v) is 14.3. The SMILES string of the molecule is CCCCOc1ccc([S+](CC)CCC)c2ccccc12. The van der Waals surface area contributed by atoms with Gasteiger partial charge in [-0.25, -0.2) is 0 Å². The summed E-state index contributed by atoms with van der Waals surface area (Å²) in [7, 11) is 0.359. The number of rotatable bonds is 8. The van der Waals surface area contributed by atoms with Gasteiger partial charge in [0.25, 0.3) is 0 Å². The standard InChI is InChI=1S/C19H27OS/c1-4-7-14-20-18-12-13-19(21(6-3)15-5-2)17-11-9-8-10-16(17)18/h8-13H,4-7,14-15H2,1-3H3/q+1. The largest absolute Gasteiger partial charge is 0.493 e. The predicted octanol–water partition coefficient (Wildman–Crippen LogP) is 5.43. The molecule has 0 radical (unpaired) electrons. The summed E-state index contributed by atoms with van der Waals surface area (Å²) in [6.45, 7) is 7.59. The maximum Gasteiger partial charge on any atom is 0.162 e. The highest BCUT2D eigenvalue weighted by atomic mass is 32.2. The molecule has 0 aliphatic carbocycles. The molecule has 2 aromatic carbocycles. The van der Waals surface area contributed by atoms with Crippen LogP contribution < -0.4 is 4.74 Å². The second-order valence-electron chi connectivity index (χ2n) is 5.30. The second-order valence-corrected chi connectivity index (χ2v) is 7.71. The topological polar surface area (TPSA) is 9.23 Å². The third kappa shape index (κ3) is 3.94. The number of fused-ring (bicyclic) bond motifs is 1. The summed E-state index contributed by atoms with van der Waals surface area (Å²) in [5.74, 6) is 3.56. The molecular weight excluding hydrogens is 276 g/mol. The number of hydrogen-bond donors (Lipinski definition) is 0. The van der Waals surface area contributed by atoms with Crippen LogP contribution in [0.4, 0.5) is 0 Å². The summed E-state index contributed by atoms with van der Waals surface area (Å²) >= 11 is 0. The lowest BCUT2D eigenvalue weighted by Gasteiger charge is -2.12. The molecule has 0 heterocycles. The fraction of sp³-hybridized carbons (Fsp3) is 0.474. The molecule has 0 aromatic heterocycles.